The van der Waals surface area contributed by atoms with E-state index in [2.05, 4.69) is 10.1 Å². The zero-order chi connectivity index (χ0) is 9.80. The SMILES string of the molecule is ClCc1nc(CSC2CCCC2)no1. The van der Waals surface area contributed by atoms with Gasteiger partial charge in [-0.3, -0.25) is 0 Å². The minimum Gasteiger partial charge on any atom is -0.338 e. The molecule has 14 heavy (non-hydrogen) atoms. The second-order valence-electron chi connectivity index (χ2n) is 3.46. The Morgan fingerprint density at radius 3 is 2.86 bits per heavy atom. The molecule has 1 aliphatic rings. The number of alkyl halides is 1. The molecule has 0 aliphatic heterocycles. The highest BCUT2D eigenvalue weighted by atomic mass is 35.5. The van der Waals surface area contributed by atoms with Gasteiger partial charge in [-0.05, 0) is 12.8 Å². The van der Waals surface area contributed by atoms with E-state index in [1.165, 1.54) is 25.7 Å². The zero-order valence-corrected chi connectivity index (χ0v) is 9.48. The minimum atomic E-state index is 0.307. The predicted molar refractivity (Wildman–Crippen MR) is 57.4 cm³/mol. The van der Waals surface area contributed by atoms with Crippen LogP contribution in [0.1, 0.15) is 37.4 Å². The van der Waals surface area contributed by atoms with Crippen LogP contribution in [0.25, 0.3) is 0 Å². The molecule has 0 radical (unpaired) electrons. The first-order chi connectivity index (χ1) is 6.88. The standard InChI is InChI=1S/C9H13ClN2OS/c10-5-9-11-8(12-13-9)6-14-7-3-1-2-4-7/h7H,1-6H2. The number of rotatable bonds is 4. The van der Waals surface area contributed by atoms with Gasteiger partial charge in [0.25, 0.3) is 0 Å². The molecule has 0 spiro atoms. The van der Waals surface area contributed by atoms with Gasteiger partial charge in [0, 0.05) is 5.25 Å². The number of hydrogen-bond donors (Lipinski definition) is 0. The predicted octanol–water partition coefficient (Wildman–Crippen LogP) is 2.98. The van der Waals surface area contributed by atoms with Gasteiger partial charge < -0.3 is 4.52 Å². The summed E-state index contributed by atoms with van der Waals surface area (Å²) in [5, 5.41) is 4.66. The molecule has 0 N–H and O–H groups in total. The van der Waals surface area contributed by atoms with Gasteiger partial charge in [-0.15, -0.1) is 11.6 Å². The van der Waals surface area contributed by atoms with Crippen molar-refractivity contribution in [1.29, 1.82) is 0 Å². The van der Waals surface area contributed by atoms with Crippen LogP contribution >= 0.6 is 23.4 Å². The van der Waals surface area contributed by atoms with Crippen LogP contribution in [0.5, 0.6) is 0 Å². The molecule has 1 saturated carbocycles. The molecular formula is C9H13ClN2OS. The molecule has 3 nitrogen and oxygen atoms in total. The molecule has 1 aromatic heterocycles. The summed E-state index contributed by atoms with van der Waals surface area (Å²) in [4.78, 5) is 4.16. The van der Waals surface area contributed by atoms with E-state index in [1.54, 1.807) is 0 Å². The van der Waals surface area contributed by atoms with Crippen molar-refractivity contribution in [3.8, 4) is 0 Å². The topological polar surface area (TPSA) is 38.9 Å². The maximum absolute atomic E-state index is 5.56. The van der Waals surface area contributed by atoms with Crippen molar-refractivity contribution in [2.24, 2.45) is 0 Å². The lowest BCUT2D eigenvalue weighted by molar-refractivity contribution is 0.386. The summed E-state index contributed by atoms with van der Waals surface area (Å²) >= 11 is 7.50. The van der Waals surface area contributed by atoms with Crippen LogP contribution in [0.2, 0.25) is 0 Å². The second-order valence-corrected chi connectivity index (χ2v) is 5.01. The lowest BCUT2D eigenvalue weighted by atomic mass is 10.4. The van der Waals surface area contributed by atoms with Crippen LogP contribution in [0, 0.1) is 0 Å². The van der Waals surface area contributed by atoms with Crippen molar-refractivity contribution < 1.29 is 4.52 Å². The van der Waals surface area contributed by atoms with Gasteiger partial charge in [0.2, 0.25) is 5.89 Å². The Kier molecular flexibility index (Phi) is 3.70. The number of thioether (sulfide) groups is 1. The third-order valence-electron chi connectivity index (χ3n) is 2.37. The third kappa shape index (κ3) is 2.64. The Morgan fingerprint density at radius 2 is 2.21 bits per heavy atom. The molecule has 0 atom stereocenters. The van der Waals surface area contributed by atoms with Crippen LogP contribution in [-0.2, 0) is 11.6 Å². The molecule has 78 valence electrons. The van der Waals surface area contributed by atoms with E-state index in [-0.39, 0.29) is 0 Å². The first kappa shape index (κ1) is 10.3. The van der Waals surface area contributed by atoms with Crippen LogP contribution in [-0.4, -0.2) is 15.4 Å². The van der Waals surface area contributed by atoms with E-state index in [0.29, 0.717) is 11.8 Å². The van der Waals surface area contributed by atoms with E-state index in [4.69, 9.17) is 16.1 Å². The average molecular weight is 233 g/mol. The molecule has 1 fully saturated rings. The highest BCUT2D eigenvalue weighted by Crippen LogP contribution is 2.30. The number of halogens is 1. The minimum absolute atomic E-state index is 0.307. The summed E-state index contributed by atoms with van der Waals surface area (Å²) in [6.07, 6.45) is 5.42. The van der Waals surface area contributed by atoms with Crippen molar-refractivity contribution >= 4 is 23.4 Å². The summed E-state index contributed by atoms with van der Waals surface area (Å²) in [5.41, 5.74) is 0. The second kappa shape index (κ2) is 5.03. The lowest BCUT2D eigenvalue weighted by Crippen LogP contribution is -1.95. The molecular weight excluding hydrogens is 220 g/mol. The van der Waals surface area contributed by atoms with E-state index in [0.717, 1.165) is 16.8 Å². The fourth-order valence-electron chi connectivity index (χ4n) is 1.65. The van der Waals surface area contributed by atoms with Gasteiger partial charge in [-0.25, -0.2) is 0 Å². The molecule has 1 aromatic rings. The summed E-state index contributed by atoms with van der Waals surface area (Å²) in [6.45, 7) is 0. The molecule has 0 amide bonds. The highest BCUT2D eigenvalue weighted by Gasteiger charge is 2.16. The molecule has 0 bridgehead atoms. The lowest BCUT2D eigenvalue weighted by Gasteiger charge is -2.04. The van der Waals surface area contributed by atoms with E-state index in [1.807, 2.05) is 11.8 Å². The van der Waals surface area contributed by atoms with E-state index >= 15 is 0 Å². The van der Waals surface area contributed by atoms with Gasteiger partial charge in [0.05, 0.1) is 5.75 Å². The summed E-state index contributed by atoms with van der Waals surface area (Å²) in [7, 11) is 0. The molecule has 5 heteroatoms. The van der Waals surface area contributed by atoms with Crippen molar-refractivity contribution in [3.63, 3.8) is 0 Å². The van der Waals surface area contributed by atoms with Crippen LogP contribution < -0.4 is 0 Å². The number of hydrogen-bond acceptors (Lipinski definition) is 4. The van der Waals surface area contributed by atoms with Gasteiger partial charge in [-0.2, -0.15) is 16.7 Å². The van der Waals surface area contributed by atoms with Crippen molar-refractivity contribution in [3.05, 3.63) is 11.7 Å². The third-order valence-corrected chi connectivity index (χ3v) is 3.97. The molecule has 0 unspecified atom stereocenters. The Balaban J connectivity index is 1.79. The molecule has 1 heterocycles. The van der Waals surface area contributed by atoms with Crippen molar-refractivity contribution in [2.45, 2.75) is 42.6 Å². The normalized spacial score (nSPS) is 17.8. The number of aromatic nitrogens is 2. The molecule has 0 aromatic carbocycles. The van der Waals surface area contributed by atoms with E-state index in [9.17, 15) is 0 Å². The largest absolute Gasteiger partial charge is 0.338 e. The van der Waals surface area contributed by atoms with Crippen LogP contribution in [0.3, 0.4) is 0 Å². The smallest absolute Gasteiger partial charge is 0.241 e. The van der Waals surface area contributed by atoms with E-state index < -0.39 is 0 Å². The van der Waals surface area contributed by atoms with Gasteiger partial charge in [0.1, 0.15) is 5.88 Å². The molecule has 2 rings (SSSR count). The highest BCUT2D eigenvalue weighted by molar-refractivity contribution is 7.99. The molecule has 0 saturated heterocycles. The van der Waals surface area contributed by atoms with Gasteiger partial charge in [0.15, 0.2) is 5.82 Å². The fourth-order valence-corrected chi connectivity index (χ4v) is 2.93. The first-order valence-electron chi connectivity index (χ1n) is 4.87. The Labute approximate surface area is 92.6 Å². The maximum Gasteiger partial charge on any atom is 0.241 e. The molecule has 1 aliphatic carbocycles. The Morgan fingerprint density at radius 1 is 1.43 bits per heavy atom. The van der Waals surface area contributed by atoms with Gasteiger partial charge >= 0.3 is 0 Å². The maximum atomic E-state index is 5.56. The summed E-state index contributed by atoms with van der Waals surface area (Å²) in [6, 6.07) is 0. The fraction of sp³-hybridized carbons (Fsp3) is 0.778. The summed E-state index contributed by atoms with van der Waals surface area (Å²) < 4.78 is 4.92. The first-order valence-corrected chi connectivity index (χ1v) is 6.46. The van der Waals surface area contributed by atoms with Crippen molar-refractivity contribution in [1.82, 2.24) is 10.1 Å². The monoisotopic (exact) mass is 232 g/mol. The zero-order valence-electron chi connectivity index (χ0n) is 7.91. The van der Waals surface area contributed by atoms with Gasteiger partial charge in [-0.1, -0.05) is 18.0 Å². The van der Waals surface area contributed by atoms with Crippen molar-refractivity contribution in [2.75, 3.05) is 0 Å². The van der Waals surface area contributed by atoms with Crippen LogP contribution in [0.15, 0.2) is 4.52 Å². The van der Waals surface area contributed by atoms with Crippen LogP contribution in [0.4, 0.5) is 0 Å². The quantitative estimate of drug-likeness (QED) is 0.749. The summed E-state index contributed by atoms with van der Waals surface area (Å²) in [5.74, 6) is 2.46. The average Bonchev–Trinajstić information content (AvgIpc) is 2.86. The number of nitrogens with zero attached hydrogens (tertiary/aromatic N) is 2. The Bertz CT molecular complexity index is 286. The Hall–Kier alpha value is -0.220.